The molecule has 5 unspecified atom stereocenters. The van der Waals surface area contributed by atoms with Crippen LogP contribution >= 0.6 is 0 Å². The maximum Gasteiger partial charge on any atom is 0.131 e. The second-order valence-corrected chi connectivity index (χ2v) is 17.3. The largest absolute Gasteiger partial charge is 0.350 e. The normalized spacial score (nSPS) is 28.5. The molecule has 3 nitrogen and oxygen atoms in total. The third-order valence-corrected chi connectivity index (χ3v) is 14.7. The van der Waals surface area contributed by atoms with Crippen LogP contribution in [0.15, 0.2) is 150 Å². The van der Waals surface area contributed by atoms with E-state index in [1.807, 2.05) is 0 Å². The van der Waals surface area contributed by atoms with Crippen LogP contribution in [0.3, 0.4) is 0 Å². The van der Waals surface area contributed by atoms with Crippen LogP contribution < -0.4 is 10.6 Å². The van der Waals surface area contributed by atoms with Crippen molar-refractivity contribution in [2.75, 3.05) is 0 Å². The van der Waals surface area contributed by atoms with Crippen molar-refractivity contribution < 1.29 is 0 Å². The summed E-state index contributed by atoms with van der Waals surface area (Å²) in [5.41, 5.74) is 14.9. The molecule has 1 aliphatic heterocycles. The number of nitrogens with zero attached hydrogens (tertiary/aromatic N) is 1. The average Bonchev–Trinajstić information content (AvgIpc) is 3.66. The van der Waals surface area contributed by atoms with E-state index in [9.17, 15) is 0 Å². The molecule has 0 radical (unpaired) electrons. The van der Waals surface area contributed by atoms with E-state index in [-0.39, 0.29) is 17.7 Å². The molecule has 2 spiro atoms. The molecule has 0 amide bonds. The Morgan fingerprint density at radius 2 is 1.37 bits per heavy atom. The molecular formula is C51H51N3. The van der Waals surface area contributed by atoms with Gasteiger partial charge in [0.05, 0.1) is 0 Å². The van der Waals surface area contributed by atoms with Crippen molar-refractivity contribution in [1.29, 1.82) is 0 Å². The average molecular weight is 706 g/mol. The van der Waals surface area contributed by atoms with Crippen molar-refractivity contribution in [2.24, 2.45) is 28.2 Å². The zero-order valence-corrected chi connectivity index (χ0v) is 31.3. The molecule has 3 fully saturated rings. The van der Waals surface area contributed by atoms with E-state index >= 15 is 0 Å². The van der Waals surface area contributed by atoms with Crippen molar-refractivity contribution in [3.63, 3.8) is 0 Å². The van der Waals surface area contributed by atoms with E-state index in [0.29, 0.717) is 17.3 Å². The van der Waals surface area contributed by atoms with Crippen LogP contribution in [-0.2, 0) is 5.41 Å². The number of nitrogens with one attached hydrogen (secondary N) is 2. The minimum absolute atomic E-state index is 0.0641. The van der Waals surface area contributed by atoms with E-state index in [1.165, 1.54) is 98.4 Å². The number of fused-ring (bicyclic) bond motifs is 10. The Morgan fingerprint density at radius 3 is 2.15 bits per heavy atom. The Balaban J connectivity index is 0.942. The molecule has 0 aromatic heterocycles. The highest BCUT2D eigenvalue weighted by molar-refractivity contribution is 5.99. The van der Waals surface area contributed by atoms with Crippen LogP contribution in [0.1, 0.15) is 111 Å². The van der Waals surface area contributed by atoms with Gasteiger partial charge in [0.15, 0.2) is 0 Å². The highest BCUT2D eigenvalue weighted by atomic mass is 15.3. The van der Waals surface area contributed by atoms with E-state index < -0.39 is 0 Å². The fraction of sp³-hybridized carbons (Fsp3) is 0.353. The van der Waals surface area contributed by atoms with Gasteiger partial charge in [-0.05, 0) is 99.9 Å². The van der Waals surface area contributed by atoms with Gasteiger partial charge in [-0.3, -0.25) is 5.32 Å². The number of rotatable bonds is 4. The summed E-state index contributed by atoms with van der Waals surface area (Å²) in [5, 5.41) is 7.50. The van der Waals surface area contributed by atoms with Gasteiger partial charge in [0.25, 0.3) is 0 Å². The van der Waals surface area contributed by atoms with Crippen molar-refractivity contribution in [3.05, 3.63) is 172 Å². The minimum Gasteiger partial charge on any atom is -0.350 e. The molecular weight excluding hydrogens is 655 g/mol. The minimum atomic E-state index is -0.132. The number of benzene rings is 4. The summed E-state index contributed by atoms with van der Waals surface area (Å²) < 4.78 is 0. The third-order valence-electron chi connectivity index (χ3n) is 14.7. The number of amidine groups is 1. The first-order valence-electron chi connectivity index (χ1n) is 21.0. The maximum absolute atomic E-state index is 5.11. The summed E-state index contributed by atoms with van der Waals surface area (Å²) in [6.07, 6.45) is 27.8. The molecule has 270 valence electrons. The van der Waals surface area contributed by atoms with E-state index in [0.717, 1.165) is 17.3 Å². The molecule has 3 heteroatoms. The van der Waals surface area contributed by atoms with Gasteiger partial charge >= 0.3 is 0 Å². The second kappa shape index (κ2) is 12.9. The molecule has 2 N–H and O–H groups in total. The molecule has 54 heavy (non-hydrogen) atoms. The number of hydrogen-bond acceptors (Lipinski definition) is 3. The summed E-state index contributed by atoms with van der Waals surface area (Å²) >= 11 is 0. The van der Waals surface area contributed by atoms with Crippen LogP contribution in [0.4, 0.5) is 0 Å². The zero-order chi connectivity index (χ0) is 35.7. The Bertz CT molecular complexity index is 2220. The Hall–Kier alpha value is -4.73. The Labute approximate surface area is 321 Å². The first-order chi connectivity index (χ1) is 26.7. The Kier molecular flexibility index (Phi) is 7.84. The first kappa shape index (κ1) is 32.7. The SMILES string of the molecule is C1=CCC2C(=C1)C1C=C3C(=CC1C21CCCCC1)C1(CCCCC1)c1cc(-c2ccc(C4NC(c5ccccc5)=NC(c5ccccc5)N4)cc2)ccc13. The molecule has 7 aliphatic rings. The molecule has 0 bridgehead atoms. The standard InChI is InChI=1S/C51H51N3/c1-5-15-35(16-6-1)47-52-48(36-17-7-2-8-18-36)54-49(53-47)37-23-21-34(22-24-37)38-25-26-40-42-32-41-39-19-9-10-20-43(39)50(27-11-3-12-28-50)45(41)33-46(42)51(44(40)31-38)29-13-4-14-30-51/h1-2,5-10,15-19,21-26,31-33,41,43,45,47,49,53H,3-4,11-14,20,27-30H2,(H,52,54). The quantitative estimate of drug-likeness (QED) is 0.222. The maximum atomic E-state index is 5.11. The van der Waals surface area contributed by atoms with E-state index in [4.69, 9.17) is 4.99 Å². The number of hydrogen-bond donors (Lipinski definition) is 2. The molecule has 4 aromatic carbocycles. The molecule has 11 rings (SSSR count). The van der Waals surface area contributed by atoms with Gasteiger partial charge in [0.2, 0.25) is 0 Å². The molecule has 4 aromatic rings. The monoisotopic (exact) mass is 705 g/mol. The van der Waals surface area contributed by atoms with Crippen LogP contribution in [0, 0.1) is 23.2 Å². The van der Waals surface area contributed by atoms with Crippen molar-refractivity contribution in [1.82, 2.24) is 10.6 Å². The summed E-state index contributed by atoms with van der Waals surface area (Å²) in [6.45, 7) is 0. The Morgan fingerprint density at radius 1 is 0.648 bits per heavy atom. The zero-order valence-electron chi connectivity index (χ0n) is 31.3. The predicted octanol–water partition coefficient (Wildman–Crippen LogP) is 11.9. The van der Waals surface area contributed by atoms with Crippen molar-refractivity contribution >= 4 is 11.4 Å². The predicted molar refractivity (Wildman–Crippen MR) is 222 cm³/mol. The van der Waals surface area contributed by atoms with Gasteiger partial charge in [-0.1, -0.05) is 172 Å². The lowest BCUT2D eigenvalue weighted by Crippen LogP contribution is -2.44. The molecule has 6 aliphatic carbocycles. The van der Waals surface area contributed by atoms with Gasteiger partial charge in [0.1, 0.15) is 18.2 Å². The summed E-state index contributed by atoms with van der Waals surface area (Å²) in [4.78, 5) is 5.11. The molecule has 3 saturated carbocycles. The highest BCUT2D eigenvalue weighted by Crippen LogP contribution is 2.68. The molecule has 5 atom stereocenters. The van der Waals surface area contributed by atoms with Crippen LogP contribution in [0.25, 0.3) is 16.7 Å². The fourth-order valence-electron chi connectivity index (χ4n) is 12.2. The number of allylic oxidation sites excluding steroid dienone is 8. The molecule has 0 saturated heterocycles. The molecule has 1 heterocycles. The van der Waals surface area contributed by atoms with Crippen LogP contribution in [0.2, 0.25) is 0 Å². The van der Waals surface area contributed by atoms with E-state index in [2.05, 4.69) is 144 Å². The smallest absolute Gasteiger partial charge is 0.131 e. The summed E-state index contributed by atoms with van der Waals surface area (Å²) in [5.74, 6) is 2.87. The lowest BCUT2D eigenvalue weighted by Gasteiger charge is -2.45. The van der Waals surface area contributed by atoms with Crippen molar-refractivity contribution in [3.8, 4) is 11.1 Å². The van der Waals surface area contributed by atoms with Crippen molar-refractivity contribution in [2.45, 2.75) is 88.4 Å². The lowest BCUT2D eigenvalue weighted by molar-refractivity contribution is 0.0951. The topological polar surface area (TPSA) is 36.4 Å². The third kappa shape index (κ3) is 5.07. The lowest BCUT2D eigenvalue weighted by atomic mass is 9.59. The van der Waals surface area contributed by atoms with Gasteiger partial charge in [-0.15, -0.1) is 0 Å². The summed E-state index contributed by atoms with van der Waals surface area (Å²) in [6, 6.07) is 37.9. The second-order valence-electron chi connectivity index (χ2n) is 17.3. The van der Waals surface area contributed by atoms with Crippen LogP contribution in [-0.4, -0.2) is 5.84 Å². The van der Waals surface area contributed by atoms with Gasteiger partial charge in [-0.2, -0.15) is 0 Å². The highest BCUT2D eigenvalue weighted by Gasteiger charge is 2.58. The fourth-order valence-corrected chi connectivity index (χ4v) is 12.2. The number of aliphatic imine (C=N–C) groups is 1. The van der Waals surface area contributed by atoms with Gasteiger partial charge in [0, 0.05) is 16.9 Å². The van der Waals surface area contributed by atoms with Gasteiger partial charge < -0.3 is 5.32 Å². The summed E-state index contributed by atoms with van der Waals surface area (Å²) in [7, 11) is 0. The van der Waals surface area contributed by atoms with E-state index in [1.54, 1.807) is 22.3 Å². The first-order valence-corrected chi connectivity index (χ1v) is 21.0. The van der Waals surface area contributed by atoms with Gasteiger partial charge in [-0.25, -0.2) is 4.99 Å². The van der Waals surface area contributed by atoms with Crippen LogP contribution in [0.5, 0.6) is 0 Å².